The standard InChI is InChI=1S/C27H21F/c1-4-19-11-15-23-24-16-12-21(8-7-20-9-13-22(28)14-10-20)18-26(24)27(5-2,6-3)25(23)17-19/h1,9-18H,5-6H2,2-3H3. The Hall–Kier alpha value is -3.29. The van der Waals surface area contributed by atoms with E-state index in [-0.39, 0.29) is 11.2 Å². The normalized spacial score (nSPS) is 13.1. The van der Waals surface area contributed by atoms with Crippen molar-refractivity contribution >= 4 is 0 Å². The van der Waals surface area contributed by atoms with Gasteiger partial charge < -0.3 is 0 Å². The van der Waals surface area contributed by atoms with E-state index in [1.807, 2.05) is 6.07 Å². The zero-order chi connectivity index (χ0) is 19.7. The maximum Gasteiger partial charge on any atom is 0.123 e. The third kappa shape index (κ3) is 2.81. The summed E-state index contributed by atoms with van der Waals surface area (Å²) in [6.45, 7) is 4.48. The van der Waals surface area contributed by atoms with E-state index in [2.05, 4.69) is 61.9 Å². The highest BCUT2D eigenvalue weighted by Crippen LogP contribution is 2.52. The molecule has 0 saturated carbocycles. The first-order chi connectivity index (χ1) is 13.6. The van der Waals surface area contributed by atoms with Crippen LogP contribution in [0, 0.1) is 30.0 Å². The van der Waals surface area contributed by atoms with Crippen LogP contribution in [-0.4, -0.2) is 0 Å². The lowest BCUT2D eigenvalue weighted by molar-refractivity contribution is 0.490. The van der Waals surface area contributed by atoms with Crippen LogP contribution in [0.4, 0.5) is 4.39 Å². The van der Waals surface area contributed by atoms with Crippen molar-refractivity contribution in [3.63, 3.8) is 0 Å². The minimum atomic E-state index is -0.247. The van der Waals surface area contributed by atoms with E-state index in [0.29, 0.717) is 0 Å². The summed E-state index contributed by atoms with van der Waals surface area (Å²) in [4.78, 5) is 0. The van der Waals surface area contributed by atoms with Gasteiger partial charge in [-0.2, -0.15) is 0 Å². The van der Waals surface area contributed by atoms with Crippen molar-refractivity contribution in [3.8, 4) is 35.3 Å². The van der Waals surface area contributed by atoms with Crippen LogP contribution in [-0.2, 0) is 5.41 Å². The summed E-state index contributed by atoms with van der Waals surface area (Å²) in [7, 11) is 0. The van der Waals surface area contributed by atoms with Crippen LogP contribution in [0.1, 0.15) is 54.5 Å². The minimum Gasteiger partial charge on any atom is -0.207 e. The van der Waals surface area contributed by atoms with Crippen LogP contribution < -0.4 is 0 Å². The predicted molar refractivity (Wildman–Crippen MR) is 114 cm³/mol. The number of fused-ring (bicyclic) bond motifs is 3. The maximum atomic E-state index is 13.1. The lowest BCUT2D eigenvalue weighted by Gasteiger charge is -2.29. The highest BCUT2D eigenvalue weighted by atomic mass is 19.1. The second-order valence-electron chi connectivity index (χ2n) is 7.21. The smallest absolute Gasteiger partial charge is 0.123 e. The van der Waals surface area contributed by atoms with Gasteiger partial charge in [-0.25, -0.2) is 4.39 Å². The van der Waals surface area contributed by atoms with Gasteiger partial charge in [-0.1, -0.05) is 43.7 Å². The molecule has 3 aromatic carbocycles. The average molecular weight is 364 g/mol. The van der Waals surface area contributed by atoms with Gasteiger partial charge in [-0.05, 0) is 83.6 Å². The highest BCUT2D eigenvalue weighted by Gasteiger charge is 2.40. The van der Waals surface area contributed by atoms with Crippen LogP contribution in [0.15, 0.2) is 60.7 Å². The highest BCUT2D eigenvalue weighted by molar-refractivity contribution is 5.82. The van der Waals surface area contributed by atoms with Crippen molar-refractivity contribution in [2.24, 2.45) is 0 Å². The van der Waals surface area contributed by atoms with Crippen LogP contribution >= 0.6 is 0 Å². The quantitative estimate of drug-likeness (QED) is 0.469. The molecule has 3 aromatic rings. The van der Waals surface area contributed by atoms with Gasteiger partial charge in [0.2, 0.25) is 0 Å². The predicted octanol–water partition coefficient (Wildman–Crippen LogP) is 6.29. The molecule has 0 amide bonds. The fourth-order valence-corrected chi connectivity index (χ4v) is 4.35. The van der Waals surface area contributed by atoms with Crippen LogP contribution in [0.5, 0.6) is 0 Å². The lowest BCUT2D eigenvalue weighted by atomic mass is 9.73. The SMILES string of the molecule is C#Cc1ccc2c(c1)C(CC)(CC)c1cc(C#Cc3ccc(F)cc3)ccc1-2. The minimum absolute atomic E-state index is 0.0366. The molecule has 28 heavy (non-hydrogen) atoms. The first kappa shape index (κ1) is 18.1. The zero-order valence-corrected chi connectivity index (χ0v) is 16.1. The Morgan fingerprint density at radius 1 is 0.750 bits per heavy atom. The number of hydrogen-bond acceptors (Lipinski definition) is 0. The van der Waals surface area contributed by atoms with Crippen LogP contribution in [0.3, 0.4) is 0 Å². The second kappa shape index (κ2) is 7.03. The molecule has 0 nitrogen and oxygen atoms in total. The van der Waals surface area contributed by atoms with Crippen molar-refractivity contribution in [1.82, 2.24) is 0 Å². The van der Waals surface area contributed by atoms with E-state index in [9.17, 15) is 4.39 Å². The molecule has 0 saturated heterocycles. The van der Waals surface area contributed by atoms with Crippen LogP contribution in [0.2, 0.25) is 0 Å². The van der Waals surface area contributed by atoms with Gasteiger partial charge in [0.05, 0.1) is 0 Å². The van der Waals surface area contributed by atoms with E-state index in [1.165, 1.54) is 34.4 Å². The molecule has 1 aliphatic carbocycles. The Balaban J connectivity index is 1.82. The van der Waals surface area contributed by atoms with E-state index < -0.39 is 0 Å². The Bertz CT molecular complexity index is 1140. The van der Waals surface area contributed by atoms with Gasteiger partial charge in [0.25, 0.3) is 0 Å². The third-order valence-electron chi connectivity index (χ3n) is 5.93. The molecule has 136 valence electrons. The van der Waals surface area contributed by atoms with Crippen molar-refractivity contribution < 1.29 is 4.39 Å². The van der Waals surface area contributed by atoms with Gasteiger partial charge in [0.15, 0.2) is 0 Å². The Labute approximate surface area is 166 Å². The van der Waals surface area contributed by atoms with Gasteiger partial charge in [-0.3, -0.25) is 0 Å². The largest absolute Gasteiger partial charge is 0.207 e. The molecule has 0 atom stereocenters. The molecule has 0 radical (unpaired) electrons. The van der Waals surface area contributed by atoms with Crippen molar-refractivity contribution in [2.75, 3.05) is 0 Å². The molecule has 0 N–H and O–H groups in total. The van der Waals surface area contributed by atoms with E-state index >= 15 is 0 Å². The Morgan fingerprint density at radius 3 is 1.82 bits per heavy atom. The molecule has 4 rings (SSSR count). The first-order valence-corrected chi connectivity index (χ1v) is 9.65. The summed E-state index contributed by atoms with van der Waals surface area (Å²) in [5.41, 5.74) is 7.87. The molecule has 0 unspecified atom stereocenters. The van der Waals surface area contributed by atoms with Gasteiger partial charge in [0, 0.05) is 22.1 Å². The molecule has 1 aliphatic rings. The fraction of sp³-hybridized carbons (Fsp3) is 0.185. The molecule has 0 fully saturated rings. The molecule has 0 aliphatic heterocycles. The number of rotatable bonds is 2. The topological polar surface area (TPSA) is 0 Å². The summed E-state index contributed by atoms with van der Waals surface area (Å²) >= 11 is 0. The van der Waals surface area contributed by atoms with Gasteiger partial charge >= 0.3 is 0 Å². The van der Waals surface area contributed by atoms with Gasteiger partial charge in [-0.15, -0.1) is 6.42 Å². The second-order valence-corrected chi connectivity index (χ2v) is 7.21. The summed E-state index contributed by atoms with van der Waals surface area (Å²) < 4.78 is 13.1. The molecule has 0 heterocycles. The first-order valence-electron chi connectivity index (χ1n) is 9.65. The number of hydrogen-bond donors (Lipinski definition) is 0. The molecule has 0 bridgehead atoms. The molecule has 0 spiro atoms. The maximum absolute atomic E-state index is 13.1. The van der Waals surface area contributed by atoms with Crippen molar-refractivity contribution in [3.05, 3.63) is 94.3 Å². The number of halogens is 1. The molecular weight excluding hydrogens is 343 g/mol. The van der Waals surface area contributed by atoms with E-state index in [0.717, 1.165) is 29.5 Å². The lowest BCUT2D eigenvalue weighted by Crippen LogP contribution is -2.23. The summed E-state index contributed by atoms with van der Waals surface area (Å²) in [5, 5.41) is 0. The number of benzene rings is 3. The molecule has 0 aromatic heterocycles. The van der Waals surface area contributed by atoms with Crippen molar-refractivity contribution in [2.45, 2.75) is 32.1 Å². The third-order valence-corrected chi connectivity index (χ3v) is 5.93. The van der Waals surface area contributed by atoms with E-state index in [1.54, 1.807) is 12.1 Å². The number of terminal acetylenes is 1. The molecular formula is C27H21F. The van der Waals surface area contributed by atoms with Crippen LogP contribution in [0.25, 0.3) is 11.1 Å². The summed E-state index contributed by atoms with van der Waals surface area (Å²) in [5.74, 6) is 8.91. The zero-order valence-electron chi connectivity index (χ0n) is 16.1. The summed E-state index contributed by atoms with van der Waals surface area (Å²) in [6.07, 6.45) is 7.67. The van der Waals surface area contributed by atoms with E-state index in [4.69, 9.17) is 6.42 Å². The van der Waals surface area contributed by atoms with Crippen molar-refractivity contribution in [1.29, 1.82) is 0 Å². The molecule has 1 heteroatoms. The summed E-state index contributed by atoms with van der Waals surface area (Å²) in [6, 6.07) is 19.1. The average Bonchev–Trinajstić information content (AvgIpc) is 3.02. The Morgan fingerprint density at radius 2 is 1.25 bits per heavy atom. The monoisotopic (exact) mass is 364 g/mol. The van der Waals surface area contributed by atoms with Gasteiger partial charge in [0.1, 0.15) is 5.82 Å². The Kier molecular flexibility index (Phi) is 4.54. The fourth-order valence-electron chi connectivity index (χ4n) is 4.35.